The third-order valence-corrected chi connectivity index (χ3v) is 5.86. The summed E-state index contributed by atoms with van der Waals surface area (Å²) >= 11 is 0. The fourth-order valence-corrected chi connectivity index (χ4v) is 4.00. The first-order chi connectivity index (χ1) is 15.4. The molecule has 0 aliphatic heterocycles. The number of amides is 1. The Morgan fingerprint density at radius 2 is 1.62 bits per heavy atom. The van der Waals surface area contributed by atoms with Crippen molar-refractivity contribution in [3.05, 3.63) is 107 Å². The van der Waals surface area contributed by atoms with E-state index >= 15 is 0 Å². The summed E-state index contributed by atoms with van der Waals surface area (Å²) in [7, 11) is -3.21. The number of nitrogens with one attached hydrogen (secondary N) is 2. The van der Waals surface area contributed by atoms with Crippen LogP contribution in [-0.4, -0.2) is 27.1 Å². The molecule has 0 radical (unpaired) electrons. The van der Waals surface area contributed by atoms with Gasteiger partial charge in [0.2, 0.25) is 10.0 Å². The van der Waals surface area contributed by atoms with Crippen LogP contribution < -0.4 is 10.0 Å². The molecule has 3 aromatic carbocycles. The first-order valence-corrected chi connectivity index (χ1v) is 12.2. The van der Waals surface area contributed by atoms with Crippen LogP contribution in [0.5, 0.6) is 0 Å². The summed E-state index contributed by atoms with van der Waals surface area (Å²) < 4.78 is 30.9. The first-order valence-electron chi connectivity index (χ1n) is 10.3. The second kappa shape index (κ2) is 9.38. The minimum Gasteiger partial charge on any atom is -0.459 e. The molecule has 0 aliphatic rings. The Kier molecular flexibility index (Phi) is 6.39. The molecule has 0 fully saturated rings. The van der Waals surface area contributed by atoms with Gasteiger partial charge >= 0.3 is 0 Å². The average molecular weight is 449 g/mol. The number of para-hydroxylation sites is 1. The Morgan fingerprint density at radius 3 is 2.31 bits per heavy atom. The van der Waals surface area contributed by atoms with Crippen LogP contribution in [0.3, 0.4) is 0 Å². The van der Waals surface area contributed by atoms with Gasteiger partial charge in [-0.2, -0.15) is 0 Å². The van der Waals surface area contributed by atoms with Crippen LogP contribution in [-0.2, 0) is 16.4 Å². The van der Waals surface area contributed by atoms with E-state index in [-0.39, 0.29) is 5.91 Å². The zero-order valence-electron chi connectivity index (χ0n) is 17.6. The molecule has 7 heteroatoms. The lowest BCUT2D eigenvalue weighted by Crippen LogP contribution is -2.29. The number of carbonyl (C=O) groups is 1. The van der Waals surface area contributed by atoms with Crippen molar-refractivity contribution < 1.29 is 17.6 Å². The number of benzene rings is 3. The predicted molar refractivity (Wildman–Crippen MR) is 125 cm³/mol. The van der Waals surface area contributed by atoms with Crippen molar-refractivity contribution in [3.8, 4) is 0 Å². The van der Waals surface area contributed by atoms with E-state index in [1.165, 1.54) is 0 Å². The van der Waals surface area contributed by atoms with Gasteiger partial charge in [-0.25, -0.2) is 13.1 Å². The number of hydrogen-bond acceptors (Lipinski definition) is 4. The molecule has 164 valence electrons. The first kappa shape index (κ1) is 21.8. The molecule has 4 aromatic rings. The lowest BCUT2D eigenvalue weighted by Gasteiger charge is -2.17. The van der Waals surface area contributed by atoms with Gasteiger partial charge in [-0.05, 0) is 41.8 Å². The van der Waals surface area contributed by atoms with Crippen molar-refractivity contribution in [2.24, 2.45) is 0 Å². The van der Waals surface area contributed by atoms with Gasteiger partial charge in [-0.15, -0.1) is 0 Å². The van der Waals surface area contributed by atoms with E-state index in [0.29, 0.717) is 24.3 Å². The molecular formula is C25H24N2O4S. The molecule has 0 spiro atoms. The quantitative estimate of drug-likeness (QED) is 0.426. The molecule has 1 aromatic heterocycles. The third-order valence-electron chi connectivity index (χ3n) is 5.13. The van der Waals surface area contributed by atoms with Gasteiger partial charge in [-0.1, -0.05) is 60.7 Å². The number of carbonyl (C=O) groups excluding carboxylic acids is 1. The van der Waals surface area contributed by atoms with Gasteiger partial charge in [0.05, 0.1) is 6.26 Å². The van der Waals surface area contributed by atoms with Crippen molar-refractivity contribution >= 4 is 26.9 Å². The maximum Gasteiger partial charge on any atom is 0.252 e. The standard InChI is InChI=1S/C25H24N2O4S/c1-32(29,30)26-16-15-18-11-13-20(14-12-18)25(28)27-24(19-7-3-2-4-8-19)23-17-21-9-5-6-10-22(21)31-23/h2-14,17,24,26H,15-16H2,1H3,(H,27,28)/t24-/m1/s1. The molecule has 32 heavy (non-hydrogen) atoms. The maximum absolute atomic E-state index is 13.0. The molecule has 1 atom stereocenters. The largest absolute Gasteiger partial charge is 0.459 e. The molecule has 0 bridgehead atoms. The summed E-state index contributed by atoms with van der Waals surface area (Å²) in [6.45, 7) is 0.312. The number of furan rings is 1. The second-order valence-corrected chi connectivity index (χ2v) is 9.45. The third kappa shape index (κ3) is 5.43. The van der Waals surface area contributed by atoms with Crippen LogP contribution in [0.1, 0.15) is 33.3 Å². The summed E-state index contributed by atoms with van der Waals surface area (Å²) in [5.74, 6) is 0.439. The van der Waals surface area contributed by atoms with Crippen molar-refractivity contribution in [3.63, 3.8) is 0 Å². The number of hydrogen-bond donors (Lipinski definition) is 2. The van der Waals surface area contributed by atoms with Crippen molar-refractivity contribution in [2.45, 2.75) is 12.5 Å². The smallest absolute Gasteiger partial charge is 0.252 e. The maximum atomic E-state index is 13.0. The highest BCUT2D eigenvalue weighted by molar-refractivity contribution is 7.88. The summed E-state index contributed by atoms with van der Waals surface area (Å²) in [6, 6.07) is 26.1. The summed E-state index contributed by atoms with van der Waals surface area (Å²) in [6.07, 6.45) is 1.67. The lowest BCUT2D eigenvalue weighted by atomic mass is 10.0. The Balaban J connectivity index is 1.52. The molecule has 1 amide bonds. The summed E-state index contributed by atoms with van der Waals surface area (Å²) in [4.78, 5) is 13.0. The Hall–Kier alpha value is -3.42. The Bertz CT molecular complexity index is 1280. The van der Waals surface area contributed by atoms with E-state index in [0.717, 1.165) is 28.4 Å². The average Bonchev–Trinajstić information content (AvgIpc) is 3.21. The van der Waals surface area contributed by atoms with Crippen LogP contribution in [0.25, 0.3) is 11.0 Å². The van der Waals surface area contributed by atoms with E-state index in [1.807, 2.05) is 72.8 Å². The fourth-order valence-electron chi connectivity index (χ4n) is 3.53. The zero-order chi connectivity index (χ0) is 22.6. The molecule has 0 saturated carbocycles. The monoisotopic (exact) mass is 448 g/mol. The van der Waals surface area contributed by atoms with Crippen molar-refractivity contribution in [1.82, 2.24) is 10.0 Å². The molecule has 1 heterocycles. The van der Waals surface area contributed by atoms with Gasteiger partial charge in [0.1, 0.15) is 17.4 Å². The molecule has 2 N–H and O–H groups in total. The molecule has 6 nitrogen and oxygen atoms in total. The van der Waals surface area contributed by atoms with Crippen LogP contribution >= 0.6 is 0 Å². The predicted octanol–water partition coefficient (Wildman–Crippen LogP) is 4.04. The van der Waals surface area contributed by atoms with E-state index < -0.39 is 16.1 Å². The number of sulfonamides is 1. The lowest BCUT2D eigenvalue weighted by molar-refractivity contribution is 0.0939. The van der Waals surface area contributed by atoms with Crippen molar-refractivity contribution in [2.75, 3.05) is 12.8 Å². The van der Waals surface area contributed by atoms with Gasteiger partial charge in [0.25, 0.3) is 5.91 Å². The molecule has 0 saturated heterocycles. The minimum atomic E-state index is -3.21. The van der Waals surface area contributed by atoms with Gasteiger partial charge in [0, 0.05) is 17.5 Å². The van der Waals surface area contributed by atoms with Crippen LogP contribution in [0.15, 0.2) is 89.3 Å². The molecular weight excluding hydrogens is 424 g/mol. The van der Waals surface area contributed by atoms with Gasteiger partial charge in [0.15, 0.2) is 0 Å². The highest BCUT2D eigenvalue weighted by Crippen LogP contribution is 2.28. The van der Waals surface area contributed by atoms with Crippen LogP contribution in [0.2, 0.25) is 0 Å². The molecule has 0 unspecified atom stereocenters. The fraction of sp³-hybridized carbons (Fsp3) is 0.160. The number of rotatable bonds is 8. The summed E-state index contributed by atoms with van der Waals surface area (Å²) in [5.41, 5.74) is 3.14. The van der Waals surface area contributed by atoms with Crippen molar-refractivity contribution in [1.29, 1.82) is 0 Å². The Labute approximate surface area is 187 Å². The summed E-state index contributed by atoms with van der Waals surface area (Å²) in [5, 5.41) is 4.06. The highest BCUT2D eigenvalue weighted by atomic mass is 32.2. The van der Waals surface area contributed by atoms with Crippen LogP contribution in [0, 0.1) is 0 Å². The Morgan fingerprint density at radius 1 is 0.938 bits per heavy atom. The highest BCUT2D eigenvalue weighted by Gasteiger charge is 2.21. The second-order valence-electron chi connectivity index (χ2n) is 7.62. The number of fused-ring (bicyclic) bond motifs is 1. The molecule has 0 aliphatic carbocycles. The minimum absolute atomic E-state index is 0.222. The van der Waals surface area contributed by atoms with Crippen LogP contribution in [0.4, 0.5) is 0 Å². The normalized spacial score (nSPS) is 12.5. The van der Waals surface area contributed by atoms with Gasteiger partial charge < -0.3 is 9.73 Å². The van der Waals surface area contributed by atoms with E-state index in [9.17, 15) is 13.2 Å². The van der Waals surface area contributed by atoms with E-state index in [2.05, 4.69) is 10.0 Å². The molecule has 4 rings (SSSR count). The van der Waals surface area contributed by atoms with E-state index in [1.54, 1.807) is 12.1 Å². The van der Waals surface area contributed by atoms with E-state index in [4.69, 9.17) is 4.42 Å². The zero-order valence-corrected chi connectivity index (χ0v) is 18.4. The SMILES string of the molecule is CS(=O)(=O)NCCc1ccc(C(=O)N[C@H](c2ccccc2)c2cc3ccccc3o2)cc1. The van der Waals surface area contributed by atoms with Gasteiger partial charge in [-0.3, -0.25) is 4.79 Å². The topological polar surface area (TPSA) is 88.4 Å².